The summed E-state index contributed by atoms with van der Waals surface area (Å²) in [6.07, 6.45) is 0. The second-order valence-corrected chi connectivity index (χ2v) is 8.38. The van der Waals surface area contributed by atoms with E-state index in [1.807, 2.05) is 18.2 Å². The Morgan fingerprint density at radius 2 is 1.16 bits per heavy atom. The SMILES string of the molecule is CC(C)(C)c1ccccc1OCCOCCOCCOCCOCCOS(=O)(=O)O.N. The van der Waals surface area contributed by atoms with Gasteiger partial charge < -0.3 is 29.8 Å². The Morgan fingerprint density at radius 3 is 1.61 bits per heavy atom. The van der Waals surface area contributed by atoms with Crippen LogP contribution < -0.4 is 10.9 Å². The van der Waals surface area contributed by atoms with Crippen LogP contribution in [0.3, 0.4) is 0 Å². The Hall–Kier alpha value is -1.31. The molecule has 4 N–H and O–H groups in total. The average molecular weight is 468 g/mol. The molecule has 0 saturated heterocycles. The third-order valence-electron chi connectivity index (χ3n) is 3.76. The summed E-state index contributed by atoms with van der Waals surface area (Å²) in [5, 5.41) is 0. The summed E-state index contributed by atoms with van der Waals surface area (Å²) in [6, 6.07) is 8.03. The van der Waals surface area contributed by atoms with Crippen molar-refractivity contribution in [1.29, 1.82) is 0 Å². The molecule has 0 spiro atoms. The highest BCUT2D eigenvalue weighted by atomic mass is 32.3. The summed E-state index contributed by atoms with van der Waals surface area (Å²) in [5.41, 5.74) is 1.20. The normalized spacial score (nSPS) is 11.9. The number of hydrogen-bond donors (Lipinski definition) is 2. The predicted octanol–water partition coefficient (Wildman–Crippen LogP) is 2.41. The van der Waals surface area contributed by atoms with Crippen LogP contribution in [0.2, 0.25) is 0 Å². The lowest BCUT2D eigenvalue weighted by Gasteiger charge is -2.22. The van der Waals surface area contributed by atoms with Crippen LogP contribution in [0.25, 0.3) is 0 Å². The molecule has 10 nitrogen and oxygen atoms in total. The first kappa shape index (κ1) is 29.7. The molecule has 1 aromatic rings. The van der Waals surface area contributed by atoms with E-state index in [1.54, 1.807) is 0 Å². The van der Waals surface area contributed by atoms with Crippen LogP contribution in [0, 0.1) is 0 Å². The lowest BCUT2D eigenvalue weighted by molar-refractivity contribution is -0.00713. The maximum atomic E-state index is 10.3. The molecule has 0 saturated carbocycles. The summed E-state index contributed by atoms with van der Waals surface area (Å²) in [7, 11) is -4.41. The van der Waals surface area contributed by atoms with Crippen LogP contribution in [0.5, 0.6) is 5.75 Å². The van der Waals surface area contributed by atoms with Gasteiger partial charge in [-0.25, -0.2) is 4.18 Å². The molecule has 11 heteroatoms. The average Bonchev–Trinajstić information content (AvgIpc) is 2.66. The standard InChI is InChI=1S/C20H34O9S.H3N/c1-20(2,3)18-6-4-5-7-19(18)28-16-14-26-12-10-24-8-9-25-11-13-27-15-17-29-30(21,22)23;/h4-7H,8-17H2,1-3H3,(H,21,22,23);1H3. The Kier molecular flexibility index (Phi) is 15.7. The van der Waals surface area contributed by atoms with Crippen molar-refractivity contribution in [3.8, 4) is 5.75 Å². The van der Waals surface area contributed by atoms with Gasteiger partial charge in [0.2, 0.25) is 0 Å². The fourth-order valence-electron chi connectivity index (χ4n) is 2.38. The molecule has 0 amide bonds. The molecule has 0 aliphatic carbocycles. The van der Waals surface area contributed by atoms with Crippen molar-refractivity contribution in [1.82, 2.24) is 6.15 Å². The Morgan fingerprint density at radius 1 is 0.742 bits per heavy atom. The van der Waals surface area contributed by atoms with Crippen molar-refractivity contribution in [3.05, 3.63) is 29.8 Å². The zero-order chi connectivity index (χ0) is 22.3. The van der Waals surface area contributed by atoms with Gasteiger partial charge in [-0.05, 0) is 17.0 Å². The zero-order valence-electron chi connectivity index (χ0n) is 18.7. The molecule has 31 heavy (non-hydrogen) atoms. The van der Waals surface area contributed by atoms with Crippen LogP contribution in [-0.2, 0) is 38.9 Å². The highest BCUT2D eigenvalue weighted by molar-refractivity contribution is 7.80. The molecular formula is C20H37NO9S. The lowest BCUT2D eigenvalue weighted by atomic mass is 9.86. The molecule has 0 aromatic heterocycles. The van der Waals surface area contributed by atoms with Gasteiger partial charge in [0.25, 0.3) is 0 Å². The number of rotatable bonds is 17. The van der Waals surface area contributed by atoms with E-state index in [0.717, 1.165) is 5.75 Å². The van der Waals surface area contributed by atoms with E-state index in [0.29, 0.717) is 46.2 Å². The third-order valence-corrected chi connectivity index (χ3v) is 4.22. The van der Waals surface area contributed by atoms with Crippen molar-refractivity contribution in [2.24, 2.45) is 0 Å². The van der Waals surface area contributed by atoms with E-state index in [4.69, 9.17) is 28.2 Å². The van der Waals surface area contributed by atoms with Crippen molar-refractivity contribution in [2.45, 2.75) is 26.2 Å². The summed E-state index contributed by atoms with van der Waals surface area (Å²) in [5.74, 6) is 0.886. The van der Waals surface area contributed by atoms with Gasteiger partial charge in [0.05, 0.1) is 59.5 Å². The molecule has 1 rings (SSSR count). The number of hydrogen-bond acceptors (Lipinski definition) is 9. The Bertz CT molecular complexity index is 677. The predicted molar refractivity (Wildman–Crippen MR) is 116 cm³/mol. The van der Waals surface area contributed by atoms with E-state index in [1.165, 1.54) is 5.56 Å². The summed E-state index contributed by atoms with van der Waals surface area (Å²) in [4.78, 5) is 0. The second-order valence-electron chi connectivity index (χ2n) is 7.29. The minimum atomic E-state index is -4.41. The number of benzene rings is 1. The molecule has 0 aliphatic heterocycles. The van der Waals surface area contributed by atoms with Gasteiger partial charge >= 0.3 is 10.4 Å². The minimum absolute atomic E-state index is 0. The first-order chi connectivity index (χ1) is 14.2. The molecule has 0 aliphatic rings. The van der Waals surface area contributed by atoms with E-state index in [2.05, 4.69) is 31.0 Å². The topological polar surface area (TPSA) is 145 Å². The van der Waals surface area contributed by atoms with Gasteiger partial charge in [0, 0.05) is 0 Å². The molecule has 0 atom stereocenters. The first-order valence-electron chi connectivity index (χ1n) is 9.85. The summed E-state index contributed by atoms with van der Waals surface area (Å²) in [6.45, 7) is 9.65. The van der Waals surface area contributed by atoms with Gasteiger partial charge in [0.15, 0.2) is 0 Å². The minimum Gasteiger partial charge on any atom is -0.491 e. The van der Waals surface area contributed by atoms with Crippen molar-refractivity contribution in [2.75, 3.05) is 66.1 Å². The Balaban J connectivity index is 0.00000900. The molecule has 182 valence electrons. The molecular weight excluding hydrogens is 430 g/mol. The van der Waals surface area contributed by atoms with Gasteiger partial charge in [-0.1, -0.05) is 39.0 Å². The maximum Gasteiger partial charge on any atom is 0.397 e. The van der Waals surface area contributed by atoms with Crippen molar-refractivity contribution in [3.63, 3.8) is 0 Å². The largest absolute Gasteiger partial charge is 0.491 e. The van der Waals surface area contributed by atoms with E-state index in [-0.39, 0.29) is 31.4 Å². The molecule has 1 aromatic carbocycles. The highest BCUT2D eigenvalue weighted by Crippen LogP contribution is 2.30. The fraction of sp³-hybridized carbons (Fsp3) is 0.700. The third kappa shape index (κ3) is 16.0. The molecule has 0 bridgehead atoms. The quantitative estimate of drug-likeness (QED) is 0.259. The van der Waals surface area contributed by atoms with Crippen LogP contribution in [0.1, 0.15) is 26.3 Å². The molecule has 0 radical (unpaired) electrons. The summed E-state index contributed by atoms with van der Waals surface area (Å²) < 4.78 is 60.1. The van der Waals surface area contributed by atoms with Crippen LogP contribution >= 0.6 is 0 Å². The fourth-order valence-corrected chi connectivity index (χ4v) is 2.66. The van der Waals surface area contributed by atoms with Gasteiger partial charge in [-0.2, -0.15) is 8.42 Å². The monoisotopic (exact) mass is 467 g/mol. The van der Waals surface area contributed by atoms with Crippen LogP contribution in [0.15, 0.2) is 24.3 Å². The Labute approximate surface area is 185 Å². The number of para-hydroxylation sites is 1. The smallest absolute Gasteiger partial charge is 0.397 e. The van der Waals surface area contributed by atoms with E-state index >= 15 is 0 Å². The van der Waals surface area contributed by atoms with Crippen molar-refractivity contribution >= 4 is 10.4 Å². The lowest BCUT2D eigenvalue weighted by Crippen LogP contribution is -2.16. The first-order valence-corrected chi connectivity index (χ1v) is 11.2. The van der Waals surface area contributed by atoms with Gasteiger partial charge in [0.1, 0.15) is 12.4 Å². The van der Waals surface area contributed by atoms with E-state index in [9.17, 15) is 8.42 Å². The number of ether oxygens (including phenoxy) is 5. The van der Waals surface area contributed by atoms with Gasteiger partial charge in [-0.15, -0.1) is 0 Å². The summed E-state index contributed by atoms with van der Waals surface area (Å²) >= 11 is 0. The van der Waals surface area contributed by atoms with Crippen LogP contribution in [0.4, 0.5) is 0 Å². The van der Waals surface area contributed by atoms with Crippen molar-refractivity contribution < 1.29 is 40.8 Å². The second kappa shape index (κ2) is 16.3. The molecule has 0 heterocycles. The van der Waals surface area contributed by atoms with E-state index < -0.39 is 10.4 Å². The van der Waals surface area contributed by atoms with Crippen LogP contribution in [-0.4, -0.2) is 79.0 Å². The molecule has 0 unspecified atom stereocenters. The highest BCUT2D eigenvalue weighted by Gasteiger charge is 2.18. The molecule has 0 fully saturated rings. The zero-order valence-corrected chi connectivity index (χ0v) is 19.5. The maximum absolute atomic E-state index is 10.3. The van der Waals surface area contributed by atoms with Gasteiger partial charge in [-0.3, -0.25) is 4.55 Å².